The van der Waals surface area contributed by atoms with Gasteiger partial charge in [0.05, 0.1) is 10.0 Å². The lowest BCUT2D eigenvalue weighted by molar-refractivity contribution is -0.109. The zero-order valence-electron chi connectivity index (χ0n) is 9.85. The van der Waals surface area contributed by atoms with Crippen LogP contribution >= 0.6 is 23.2 Å². The Hall–Kier alpha value is -1.26. The molecular weight excluding hydrogens is 289 g/mol. The molecular formula is C13H11Cl2NO3. The number of nitrogens with zero attached hydrogens (tertiary/aromatic N) is 1. The highest BCUT2D eigenvalue weighted by atomic mass is 35.5. The summed E-state index contributed by atoms with van der Waals surface area (Å²) in [6.45, 7) is 0.743. The third-order valence-corrected chi connectivity index (χ3v) is 5.06. The van der Waals surface area contributed by atoms with Crippen LogP contribution in [-0.2, 0) is 10.2 Å². The molecule has 1 aliphatic carbocycles. The molecule has 1 saturated heterocycles. The fourth-order valence-corrected chi connectivity index (χ4v) is 3.61. The smallest absolute Gasteiger partial charge is 0.407 e. The highest BCUT2D eigenvalue weighted by Crippen LogP contribution is 2.63. The summed E-state index contributed by atoms with van der Waals surface area (Å²) in [7, 11) is 0. The highest BCUT2D eigenvalue weighted by molar-refractivity contribution is 6.42. The van der Waals surface area contributed by atoms with Gasteiger partial charge in [0, 0.05) is 24.4 Å². The summed E-state index contributed by atoms with van der Waals surface area (Å²) < 4.78 is 0. The number of fused-ring (bicyclic) bond motifs is 1. The number of rotatable bonds is 2. The fourth-order valence-electron chi connectivity index (χ4n) is 3.31. The first-order valence-corrected chi connectivity index (χ1v) is 6.65. The number of carbonyl (C=O) groups is 2. The van der Waals surface area contributed by atoms with Crippen molar-refractivity contribution in [2.45, 2.75) is 5.41 Å². The van der Waals surface area contributed by atoms with Gasteiger partial charge in [-0.25, -0.2) is 4.79 Å². The number of carbonyl (C=O) groups excluding carboxylic acids is 1. The van der Waals surface area contributed by atoms with Gasteiger partial charge < -0.3 is 14.8 Å². The third kappa shape index (κ3) is 1.66. The number of likely N-dealkylation sites (tertiary alicyclic amines) is 1. The van der Waals surface area contributed by atoms with Crippen LogP contribution in [0.4, 0.5) is 4.79 Å². The molecule has 1 aromatic rings. The van der Waals surface area contributed by atoms with Crippen LogP contribution in [-0.4, -0.2) is 35.5 Å². The summed E-state index contributed by atoms with van der Waals surface area (Å²) in [5, 5.41) is 9.94. The fraction of sp³-hybridized carbons (Fsp3) is 0.385. The summed E-state index contributed by atoms with van der Waals surface area (Å²) in [6, 6.07) is 5.26. The molecule has 2 fully saturated rings. The first kappa shape index (κ1) is 12.8. The van der Waals surface area contributed by atoms with Crippen molar-refractivity contribution in [2.75, 3.05) is 13.1 Å². The highest BCUT2D eigenvalue weighted by Gasteiger charge is 2.70. The topological polar surface area (TPSA) is 57.6 Å². The Kier molecular flexibility index (Phi) is 2.76. The van der Waals surface area contributed by atoms with Gasteiger partial charge in [0.15, 0.2) is 0 Å². The van der Waals surface area contributed by atoms with E-state index in [4.69, 9.17) is 28.3 Å². The molecule has 1 heterocycles. The van der Waals surface area contributed by atoms with Crippen molar-refractivity contribution in [2.24, 2.45) is 11.8 Å². The van der Waals surface area contributed by atoms with E-state index in [2.05, 4.69) is 0 Å². The molecule has 3 atom stereocenters. The van der Waals surface area contributed by atoms with Crippen molar-refractivity contribution in [3.05, 3.63) is 33.8 Å². The number of hydrogen-bond acceptors (Lipinski definition) is 2. The van der Waals surface area contributed by atoms with E-state index in [1.54, 1.807) is 12.1 Å². The largest absolute Gasteiger partial charge is 0.465 e. The van der Waals surface area contributed by atoms with Crippen LogP contribution in [0.15, 0.2) is 18.2 Å². The molecule has 1 saturated carbocycles. The lowest BCUT2D eigenvalue weighted by Crippen LogP contribution is -2.33. The normalized spacial score (nSPS) is 32.0. The predicted molar refractivity (Wildman–Crippen MR) is 70.8 cm³/mol. The van der Waals surface area contributed by atoms with Gasteiger partial charge in [-0.1, -0.05) is 29.3 Å². The van der Waals surface area contributed by atoms with Crippen molar-refractivity contribution in [1.82, 2.24) is 4.90 Å². The molecule has 6 heteroatoms. The molecule has 1 amide bonds. The summed E-state index contributed by atoms with van der Waals surface area (Å²) >= 11 is 11.9. The van der Waals surface area contributed by atoms with Crippen LogP contribution in [0.5, 0.6) is 0 Å². The van der Waals surface area contributed by atoms with Gasteiger partial charge in [0.2, 0.25) is 0 Å². The average Bonchev–Trinajstić information content (AvgIpc) is 2.80. The number of piperidine rings is 1. The summed E-state index contributed by atoms with van der Waals surface area (Å²) in [6.07, 6.45) is -0.0249. The summed E-state index contributed by atoms with van der Waals surface area (Å²) in [5.41, 5.74) is 0.488. The standard InChI is InChI=1S/C13H11Cl2NO3/c14-10-2-1-7(3-11(10)15)13-6-16(12(18)19)4-8(13)9(13)5-17/h1-3,5,8-9H,4,6H2,(H,18,19). The first-order chi connectivity index (χ1) is 9.00. The lowest BCUT2D eigenvalue weighted by atomic mass is 9.93. The number of benzene rings is 1. The zero-order valence-corrected chi connectivity index (χ0v) is 11.4. The molecule has 100 valence electrons. The Morgan fingerprint density at radius 3 is 2.74 bits per heavy atom. The molecule has 2 aliphatic rings. The van der Waals surface area contributed by atoms with Crippen LogP contribution in [0.3, 0.4) is 0 Å². The minimum Gasteiger partial charge on any atom is -0.465 e. The second-order valence-corrected chi connectivity index (χ2v) is 5.92. The second kappa shape index (κ2) is 4.12. The van der Waals surface area contributed by atoms with Gasteiger partial charge in [0.25, 0.3) is 0 Å². The van der Waals surface area contributed by atoms with Gasteiger partial charge >= 0.3 is 6.09 Å². The van der Waals surface area contributed by atoms with E-state index in [1.807, 2.05) is 6.07 Å². The zero-order chi connectivity index (χ0) is 13.8. The molecule has 3 rings (SSSR count). The van der Waals surface area contributed by atoms with Gasteiger partial charge in [-0.2, -0.15) is 0 Å². The van der Waals surface area contributed by atoms with E-state index in [-0.39, 0.29) is 11.8 Å². The Labute approximate surface area is 119 Å². The van der Waals surface area contributed by atoms with E-state index in [0.717, 1.165) is 11.8 Å². The van der Waals surface area contributed by atoms with Crippen LogP contribution in [0, 0.1) is 11.8 Å². The van der Waals surface area contributed by atoms with Crippen molar-refractivity contribution in [3.8, 4) is 0 Å². The minimum atomic E-state index is -0.948. The monoisotopic (exact) mass is 299 g/mol. The van der Waals surface area contributed by atoms with Crippen LogP contribution in [0.1, 0.15) is 5.56 Å². The molecule has 1 aromatic carbocycles. The van der Waals surface area contributed by atoms with Gasteiger partial charge in [-0.3, -0.25) is 0 Å². The van der Waals surface area contributed by atoms with Crippen molar-refractivity contribution in [3.63, 3.8) is 0 Å². The SMILES string of the molecule is O=CC1C2CN(C(=O)O)CC12c1ccc(Cl)c(Cl)c1. The van der Waals surface area contributed by atoms with Gasteiger partial charge in [-0.15, -0.1) is 0 Å². The van der Waals surface area contributed by atoms with E-state index < -0.39 is 11.5 Å². The maximum absolute atomic E-state index is 11.2. The Bertz CT molecular complexity index is 577. The number of hydrogen-bond donors (Lipinski definition) is 1. The van der Waals surface area contributed by atoms with Crippen molar-refractivity contribution in [1.29, 1.82) is 0 Å². The molecule has 4 nitrogen and oxygen atoms in total. The van der Waals surface area contributed by atoms with E-state index in [1.165, 1.54) is 4.90 Å². The molecule has 0 radical (unpaired) electrons. The van der Waals surface area contributed by atoms with E-state index in [0.29, 0.717) is 23.1 Å². The second-order valence-electron chi connectivity index (χ2n) is 5.10. The minimum absolute atomic E-state index is 0.0540. The third-order valence-electron chi connectivity index (χ3n) is 4.32. The quantitative estimate of drug-likeness (QED) is 0.854. The first-order valence-electron chi connectivity index (χ1n) is 5.89. The molecule has 1 aliphatic heterocycles. The molecule has 0 spiro atoms. The Morgan fingerprint density at radius 1 is 1.42 bits per heavy atom. The Morgan fingerprint density at radius 2 is 2.16 bits per heavy atom. The number of amides is 1. The summed E-state index contributed by atoms with van der Waals surface area (Å²) in [4.78, 5) is 23.6. The number of aldehydes is 1. The van der Waals surface area contributed by atoms with Gasteiger partial charge in [0.1, 0.15) is 6.29 Å². The average molecular weight is 300 g/mol. The maximum atomic E-state index is 11.2. The number of carboxylic acid groups (broad SMARTS) is 1. The molecule has 3 unspecified atom stereocenters. The van der Waals surface area contributed by atoms with Crippen molar-refractivity contribution < 1.29 is 14.7 Å². The number of halogens is 2. The van der Waals surface area contributed by atoms with Crippen LogP contribution in [0.25, 0.3) is 0 Å². The molecule has 0 aromatic heterocycles. The summed E-state index contributed by atoms with van der Waals surface area (Å²) in [5.74, 6) is -0.0707. The molecule has 0 bridgehead atoms. The van der Waals surface area contributed by atoms with Crippen LogP contribution in [0.2, 0.25) is 10.0 Å². The Balaban J connectivity index is 1.99. The lowest BCUT2D eigenvalue weighted by Gasteiger charge is -2.20. The predicted octanol–water partition coefficient (Wildman–Crippen LogP) is 2.67. The van der Waals surface area contributed by atoms with E-state index >= 15 is 0 Å². The van der Waals surface area contributed by atoms with Crippen molar-refractivity contribution >= 4 is 35.6 Å². The molecule has 1 N–H and O–H groups in total. The molecule has 19 heavy (non-hydrogen) atoms. The van der Waals surface area contributed by atoms with E-state index in [9.17, 15) is 9.59 Å². The van der Waals surface area contributed by atoms with Crippen LogP contribution < -0.4 is 0 Å². The maximum Gasteiger partial charge on any atom is 0.407 e. The van der Waals surface area contributed by atoms with Gasteiger partial charge in [-0.05, 0) is 23.6 Å².